The van der Waals surface area contributed by atoms with Crippen molar-refractivity contribution >= 4 is 5.97 Å². The topological polar surface area (TPSA) is 81.9 Å². The molecule has 0 bridgehead atoms. The summed E-state index contributed by atoms with van der Waals surface area (Å²) in [5, 5.41) is 10.2. The second-order valence-electron chi connectivity index (χ2n) is 6.52. The van der Waals surface area contributed by atoms with Gasteiger partial charge in [-0.05, 0) is 55.8 Å². The van der Waals surface area contributed by atoms with Crippen LogP contribution in [0.15, 0.2) is 73.1 Å². The number of likely N-dealkylation sites (tertiary alicyclic amines) is 1. The Bertz CT molecular complexity index is 796. The number of ether oxygens (including phenoxy) is 2. The molecule has 1 aliphatic rings. The maximum absolute atomic E-state index is 11.7. The second-order valence-corrected chi connectivity index (χ2v) is 6.52. The van der Waals surface area contributed by atoms with E-state index >= 15 is 0 Å². The van der Waals surface area contributed by atoms with Crippen LogP contribution < -0.4 is 9.47 Å². The van der Waals surface area contributed by atoms with E-state index in [1.807, 2.05) is 19.2 Å². The molecule has 0 amide bonds. The van der Waals surface area contributed by atoms with Gasteiger partial charge < -0.3 is 14.4 Å². The van der Waals surface area contributed by atoms with Crippen LogP contribution in [0.1, 0.15) is 26.2 Å². The minimum atomic E-state index is -0.500. The molecule has 0 N–H and O–H groups in total. The maximum atomic E-state index is 11.7. The van der Waals surface area contributed by atoms with Gasteiger partial charge in [0.25, 0.3) is 0 Å². The predicted molar refractivity (Wildman–Crippen MR) is 111 cm³/mol. The van der Waals surface area contributed by atoms with E-state index in [4.69, 9.17) is 9.47 Å². The van der Waals surface area contributed by atoms with Crippen molar-refractivity contribution < 1.29 is 19.2 Å². The number of benzene rings is 1. The normalized spacial score (nSPS) is 16.7. The lowest BCUT2D eigenvalue weighted by molar-refractivity contribution is -0.402. The number of hydrogen-bond acceptors (Lipinski definition) is 6. The van der Waals surface area contributed by atoms with Gasteiger partial charge in [0, 0.05) is 18.2 Å². The Morgan fingerprint density at radius 1 is 1.24 bits per heavy atom. The fourth-order valence-corrected chi connectivity index (χ4v) is 2.76. The number of rotatable bonds is 10. The van der Waals surface area contributed by atoms with E-state index in [9.17, 15) is 14.9 Å². The first-order valence-corrected chi connectivity index (χ1v) is 9.53. The molecule has 1 heterocycles. The highest BCUT2D eigenvalue weighted by Gasteiger charge is 2.22. The summed E-state index contributed by atoms with van der Waals surface area (Å²) in [5.74, 6) is 0.748. The number of carbonyl (C=O) groups excluding carboxylic acids is 1. The predicted octanol–water partition coefficient (Wildman–Crippen LogP) is 4.26. The molecule has 0 saturated carbocycles. The molecule has 1 atom stereocenters. The summed E-state index contributed by atoms with van der Waals surface area (Å²) in [6, 6.07) is 7.21. The van der Waals surface area contributed by atoms with Crippen molar-refractivity contribution in [3.63, 3.8) is 0 Å². The minimum absolute atomic E-state index is 0.263. The highest BCUT2D eigenvalue weighted by molar-refractivity contribution is 5.89. The smallest absolute Gasteiger partial charge is 0.338 e. The van der Waals surface area contributed by atoms with Gasteiger partial charge in [-0.1, -0.05) is 25.7 Å². The highest BCUT2D eigenvalue weighted by Crippen LogP contribution is 2.22. The van der Waals surface area contributed by atoms with Crippen molar-refractivity contribution in [2.75, 3.05) is 13.2 Å². The number of hydrogen-bond donors (Lipinski definition) is 0. The molecule has 0 aromatic heterocycles. The summed E-state index contributed by atoms with van der Waals surface area (Å²) in [7, 11) is 0. The maximum Gasteiger partial charge on any atom is 0.338 e. The SMILES string of the molecule is C=C(CC)C(=O)Oc1ccc(OCC2CCCN2/C=C/C=C/C=C/[N+](=O)[O-])cc1. The van der Waals surface area contributed by atoms with E-state index < -0.39 is 10.9 Å². The summed E-state index contributed by atoms with van der Waals surface area (Å²) < 4.78 is 11.1. The molecule has 1 aliphatic heterocycles. The van der Waals surface area contributed by atoms with Crippen LogP contribution in [-0.2, 0) is 4.79 Å². The Balaban J connectivity index is 1.81. The first-order valence-electron chi connectivity index (χ1n) is 9.53. The number of carbonyl (C=O) groups is 1. The quantitative estimate of drug-likeness (QED) is 0.146. The van der Waals surface area contributed by atoms with Crippen LogP contribution in [0.25, 0.3) is 0 Å². The Morgan fingerprint density at radius 3 is 2.62 bits per heavy atom. The third-order valence-electron chi connectivity index (χ3n) is 4.43. The van der Waals surface area contributed by atoms with Gasteiger partial charge in [-0.15, -0.1) is 0 Å². The minimum Gasteiger partial charge on any atom is -0.491 e. The number of nitrogens with zero attached hydrogens (tertiary/aromatic N) is 2. The number of allylic oxidation sites excluding steroid dienone is 4. The zero-order chi connectivity index (χ0) is 21.1. The summed E-state index contributed by atoms with van der Waals surface area (Å²) in [6.07, 6.45) is 12.1. The molecule has 29 heavy (non-hydrogen) atoms. The van der Waals surface area contributed by atoms with Crippen LogP contribution in [0.4, 0.5) is 0 Å². The van der Waals surface area contributed by atoms with E-state index in [0.29, 0.717) is 30.1 Å². The molecule has 1 unspecified atom stereocenters. The molecule has 0 radical (unpaired) electrons. The summed E-state index contributed by atoms with van der Waals surface area (Å²) in [4.78, 5) is 23.6. The average Bonchev–Trinajstić information content (AvgIpc) is 3.16. The highest BCUT2D eigenvalue weighted by atomic mass is 16.6. The largest absolute Gasteiger partial charge is 0.491 e. The van der Waals surface area contributed by atoms with Gasteiger partial charge in [0.2, 0.25) is 6.20 Å². The second kappa shape index (κ2) is 11.5. The van der Waals surface area contributed by atoms with Gasteiger partial charge in [0.15, 0.2) is 0 Å². The standard InChI is InChI=1S/C22H26N2O5/c1-3-18(2)22(25)29-21-12-10-20(11-13-21)28-17-19-9-8-15-23(19)14-6-4-5-7-16-24(26)27/h4-7,10-14,16,19H,2-3,8-9,15,17H2,1H3/b5-4+,14-6+,16-7+. The Morgan fingerprint density at radius 2 is 1.93 bits per heavy atom. The zero-order valence-corrected chi connectivity index (χ0v) is 16.5. The lowest BCUT2D eigenvalue weighted by Gasteiger charge is -2.22. The molecule has 2 rings (SSSR count). The molecule has 1 aromatic rings. The van der Waals surface area contributed by atoms with Gasteiger partial charge in [0.05, 0.1) is 11.0 Å². The van der Waals surface area contributed by atoms with Gasteiger partial charge >= 0.3 is 5.97 Å². The molecule has 1 aromatic carbocycles. The molecule has 7 heteroatoms. The van der Waals surface area contributed by atoms with Gasteiger partial charge in [-0.25, -0.2) is 4.79 Å². The Labute approximate surface area is 170 Å². The van der Waals surface area contributed by atoms with E-state index in [0.717, 1.165) is 25.6 Å². The third kappa shape index (κ3) is 7.65. The number of nitro groups is 1. The van der Waals surface area contributed by atoms with Crippen LogP contribution in [0.2, 0.25) is 0 Å². The summed E-state index contributed by atoms with van der Waals surface area (Å²) in [6.45, 7) is 7.01. The van der Waals surface area contributed by atoms with Crippen LogP contribution >= 0.6 is 0 Å². The van der Waals surface area contributed by atoms with Crippen LogP contribution in [0.3, 0.4) is 0 Å². The molecule has 1 fully saturated rings. The van der Waals surface area contributed by atoms with E-state index in [-0.39, 0.29) is 6.04 Å². The van der Waals surface area contributed by atoms with Gasteiger partial charge in [-0.2, -0.15) is 0 Å². The molecule has 1 saturated heterocycles. The van der Waals surface area contributed by atoms with Crippen LogP contribution in [-0.4, -0.2) is 35.0 Å². The number of esters is 1. The van der Waals surface area contributed by atoms with E-state index in [1.54, 1.807) is 36.4 Å². The fraction of sp³-hybridized carbons (Fsp3) is 0.318. The lowest BCUT2D eigenvalue weighted by atomic mass is 10.2. The molecular weight excluding hydrogens is 372 g/mol. The van der Waals surface area contributed by atoms with Crippen molar-refractivity contribution in [1.29, 1.82) is 0 Å². The molecule has 0 spiro atoms. The summed E-state index contributed by atoms with van der Waals surface area (Å²) >= 11 is 0. The molecule has 0 aliphatic carbocycles. The molecule has 7 nitrogen and oxygen atoms in total. The Hall–Kier alpha value is -3.35. The van der Waals surface area contributed by atoms with Crippen molar-refractivity contribution in [2.45, 2.75) is 32.2 Å². The van der Waals surface area contributed by atoms with Crippen molar-refractivity contribution in [1.82, 2.24) is 4.90 Å². The first kappa shape index (κ1) is 21.9. The monoisotopic (exact) mass is 398 g/mol. The lowest BCUT2D eigenvalue weighted by Crippen LogP contribution is -2.29. The Kier molecular flexibility index (Phi) is 8.69. The van der Waals surface area contributed by atoms with Crippen LogP contribution in [0, 0.1) is 10.1 Å². The van der Waals surface area contributed by atoms with Crippen LogP contribution in [0.5, 0.6) is 11.5 Å². The van der Waals surface area contributed by atoms with Gasteiger partial charge in [-0.3, -0.25) is 10.1 Å². The van der Waals surface area contributed by atoms with Crippen molar-refractivity contribution in [2.24, 2.45) is 0 Å². The van der Waals surface area contributed by atoms with Crippen molar-refractivity contribution in [3.05, 3.63) is 83.2 Å². The molecular formula is C22H26N2O5. The average molecular weight is 398 g/mol. The van der Waals surface area contributed by atoms with Crippen molar-refractivity contribution in [3.8, 4) is 11.5 Å². The summed E-state index contributed by atoms with van der Waals surface area (Å²) in [5.41, 5.74) is 0.434. The van der Waals surface area contributed by atoms with Gasteiger partial charge in [0.1, 0.15) is 18.1 Å². The third-order valence-corrected chi connectivity index (χ3v) is 4.43. The van der Waals surface area contributed by atoms with E-state index in [1.165, 1.54) is 6.08 Å². The first-order chi connectivity index (χ1) is 14.0. The fourth-order valence-electron chi connectivity index (χ4n) is 2.76. The van der Waals surface area contributed by atoms with E-state index in [2.05, 4.69) is 11.5 Å². The zero-order valence-electron chi connectivity index (χ0n) is 16.5. The molecule has 154 valence electrons.